The number of hydrogen-bond donors (Lipinski definition) is 1. The highest BCUT2D eigenvalue weighted by Gasteiger charge is 2.23. The van der Waals surface area contributed by atoms with Crippen molar-refractivity contribution in [2.24, 2.45) is 0 Å². The summed E-state index contributed by atoms with van der Waals surface area (Å²) in [5, 5.41) is 11.5. The van der Waals surface area contributed by atoms with Crippen molar-refractivity contribution in [3.8, 4) is 28.0 Å². The Bertz CT molecular complexity index is 2600. The molecule has 0 aliphatic heterocycles. The number of aromatic nitrogens is 6. The van der Waals surface area contributed by atoms with Gasteiger partial charge in [-0.05, 0) is 60.2 Å². The van der Waals surface area contributed by atoms with E-state index in [9.17, 15) is 5.11 Å². The molecule has 0 unspecified atom stereocenters. The molecule has 200 valence electrons. The number of benzene rings is 6. The Labute approximate surface area is 244 Å². The Morgan fingerprint density at radius 2 is 0.721 bits per heavy atom. The SMILES string of the molecule is Oc1cc(-c2cccc3nc4ccccc4nc23)c(-c2cccc3nc4ccccc4nc23)c2nc3ccccc3nc12. The summed E-state index contributed by atoms with van der Waals surface area (Å²) in [6, 6.07) is 37.1. The minimum atomic E-state index is 0.0366. The molecule has 0 fully saturated rings. The summed E-state index contributed by atoms with van der Waals surface area (Å²) in [6.45, 7) is 0. The van der Waals surface area contributed by atoms with E-state index in [0.29, 0.717) is 16.6 Å². The molecule has 7 heteroatoms. The summed E-state index contributed by atoms with van der Waals surface area (Å²) in [6.07, 6.45) is 0. The second-order valence-corrected chi connectivity index (χ2v) is 10.5. The lowest BCUT2D eigenvalue weighted by atomic mass is 9.90. The number of aromatic hydroxyl groups is 1. The van der Waals surface area contributed by atoms with Gasteiger partial charge in [0.05, 0.1) is 55.2 Å². The highest BCUT2D eigenvalue weighted by Crippen LogP contribution is 2.44. The van der Waals surface area contributed by atoms with Gasteiger partial charge in [-0.15, -0.1) is 0 Å². The fourth-order valence-corrected chi connectivity index (χ4v) is 5.95. The average Bonchev–Trinajstić information content (AvgIpc) is 3.05. The van der Waals surface area contributed by atoms with E-state index >= 15 is 0 Å². The summed E-state index contributed by atoms with van der Waals surface area (Å²) < 4.78 is 0. The fourth-order valence-electron chi connectivity index (χ4n) is 5.95. The molecule has 0 spiro atoms. The molecule has 6 aromatic carbocycles. The molecule has 3 heterocycles. The predicted octanol–water partition coefficient (Wildman–Crippen LogP) is 8.02. The standard InChI is InChI=1S/C36H20N6O/c43-31-19-22(20-9-7-17-29-33(20)39-25-13-3-1-11-23(25)37-29)32(36-35(31)41-27-15-5-6-16-28(27)42-36)21-10-8-18-30-34(21)40-26-14-4-2-12-24(26)38-30/h1-19,43H. The Balaban J connectivity index is 1.47. The molecule has 9 rings (SSSR count). The summed E-state index contributed by atoms with van der Waals surface area (Å²) in [4.78, 5) is 29.9. The molecule has 0 amide bonds. The number of para-hydroxylation sites is 8. The maximum Gasteiger partial charge on any atom is 0.144 e. The van der Waals surface area contributed by atoms with Crippen molar-refractivity contribution in [1.29, 1.82) is 0 Å². The van der Waals surface area contributed by atoms with Gasteiger partial charge in [-0.1, -0.05) is 60.7 Å². The third kappa shape index (κ3) is 3.62. The summed E-state index contributed by atoms with van der Waals surface area (Å²) >= 11 is 0. The van der Waals surface area contributed by atoms with E-state index in [-0.39, 0.29) is 5.75 Å². The van der Waals surface area contributed by atoms with Crippen molar-refractivity contribution >= 4 is 66.2 Å². The van der Waals surface area contributed by atoms with E-state index < -0.39 is 0 Å². The van der Waals surface area contributed by atoms with Crippen LogP contribution in [0.4, 0.5) is 0 Å². The van der Waals surface area contributed by atoms with E-state index in [1.165, 1.54) is 0 Å². The Hall–Kier alpha value is -6.08. The first-order valence-electron chi connectivity index (χ1n) is 14.0. The maximum atomic E-state index is 11.5. The molecular formula is C36H20N6O. The summed E-state index contributed by atoms with van der Waals surface area (Å²) in [7, 11) is 0. The van der Waals surface area contributed by atoms with E-state index in [0.717, 1.165) is 71.9 Å². The normalized spacial score (nSPS) is 11.8. The van der Waals surface area contributed by atoms with Gasteiger partial charge in [0.1, 0.15) is 16.8 Å². The molecule has 43 heavy (non-hydrogen) atoms. The van der Waals surface area contributed by atoms with Crippen LogP contribution in [0.25, 0.3) is 88.5 Å². The fraction of sp³-hybridized carbons (Fsp3) is 0. The number of hydrogen-bond acceptors (Lipinski definition) is 7. The highest BCUT2D eigenvalue weighted by molar-refractivity contribution is 6.13. The zero-order valence-electron chi connectivity index (χ0n) is 22.6. The van der Waals surface area contributed by atoms with Crippen LogP contribution in [0.2, 0.25) is 0 Å². The minimum Gasteiger partial charge on any atom is -0.506 e. The number of nitrogens with zero attached hydrogens (tertiary/aromatic N) is 6. The molecular weight excluding hydrogens is 532 g/mol. The molecule has 0 radical (unpaired) electrons. The van der Waals surface area contributed by atoms with Crippen molar-refractivity contribution in [3.05, 3.63) is 115 Å². The van der Waals surface area contributed by atoms with Gasteiger partial charge < -0.3 is 5.11 Å². The van der Waals surface area contributed by atoms with Crippen LogP contribution in [-0.2, 0) is 0 Å². The number of phenols is 1. The lowest BCUT2D eigenvalue weighted by Gasteiger charge is -2.17. The van der Waals surface area contributed by atoms with Crippen LogP contribution in [0.5, 0.6) is 5.75 Å². The molecule has 0 saturated heterocycles. The maximum absolute atomic E-state index is 11.5. The molecule has 0 bridgehead atoms. The number of fused-ring (bicyclic) bond motifs is 6. The topological polar surface area (TPSA) is 97.6 Å². The van der Waals surface area contributed by atoms with E-state index in [1.54, 1.807) is 6.07 Å². The van der Waals surface area contributed by atoms with Gasteiger partial charge in [-0.3, -0.25) is 0 Å². The van der Waals surface area contributed by atoms with Crippen LogP contribution < -0.4 is 0 Å². The van der Waals surface area contributed by atoms with Crippen molar-refractivity contribution in [2.75, 3.05) is 0 Å². The smallest absolute Gasteiger partial charge is 0.144 e. The van der Waals surface area contributed by atoms with Crippen LogP contribution in [0, 0.1) is 0 Å². The van der Waals surface area contributed by atoms with Crippen molar-refractivity contribution < 1.29 is 5.11 Å². The lowest BCUT2D eigenvalue weighted by Crippen LogP contribution is -1.98. The molecule has 0 saturated carbocycles. The van der Waals surface area contributed by atoms with Gasteiger partial charge in [-0.2, -0.15) is 0 Å². The molecule has 9 aromatic rings. The van der Waals surface area contributed by atoms with E-state index in [1.807, 2.05) is 109 Å². The first-order chi connectivity index (χ1) is 21.2. The van der Waals surface area contributed by atoms with Gasteiger partial charge in [0.25, 0.3) is 0 Å². The summed E-state index contributed by atoms with van der Waals surface area (Å²) in [5.74, 6) is 0.0366. The largest absolute Gasteiger partial charge is 0.506 e. The van der Waals surface area contributed by atoms with Gasteiger partial charge in [-0.25, -0.2) is 29.9 Å². The van der Waals surface area contributed by atoms with E-state index in [2.05, 4.69) is 0 Å². The second-order valence-electron chi connectivity index (χ2n) is 10.5. The molecule has 3 aromatic heterocycles. The van der Waals surface area contributed by atoms with E-state index in [4.69, 9.17) is 29.9 Å². The number of phenolic OH excluding ortho intramolecular Hbond substituents is 1. The zero-order chi connectivity index (χ0) is 28.5. The number of rotatable bonds is 2. The van der Waals surface area contributed by atoms with Crippen molar-refractivity contribution in [2.45, 2.75) is 0 Å². The Morgan fingerprint density at radius 3 is 1.26 bits per heavy atom. The lowest BCUT2D eigenvalue weighted by molar-refractivity contribution is 0.480. The van der Waals surface area contributed by atoms with Gasteiger partial charge in [0, 0.05) is 16.7 Å². The van der Waals surface area contributed by atoms with Crippen LogP contribution in [0.15, 0.2) is 115 Å². The van der Waals surface area contributed by atoms with Crippen molar-refractivity contribution in [1.82, 2.24) is 29.9 Å². The molecule has 0 aliphatic rings. The first-order valence-corrected chi connectivity index (χ1v) is 14.0. The Kier molecular flexibility index (Phi) is 4.92. The highest BCUT2D eigenvalue weighted by atomic mass is 16.3. The van der Waals surface area contributed by atoms with Crippen LogP contribution >= 0.6 is 0 Å². The third-order valence-electron chi connectivity index (χ3n) is 7.90. The quantitative estimate of drug-likeness (QED) is 0.217. The van der Waals surface area contributed by atoms with Gasteiger partial charge in [0.2, 0.25) is 0 Å². The van der Waals surface area contributed by atoms with Crippen molar-refractivity contribution in [3.63, 3.8) is 0 Å². The second kappa shape index (κ2) is 8.96. The van der Waals surface area contributed by atoms with Crippen LogP contribution in [0.3, 0.4) is 0 Å². The van der Waals surface area contributed by atoms with Crippen LogP contribution in [0.1, 0.15) is 0 Å². The molecule has 0 aliphatic carbocycles. The monoisotopic (exact) mass is 552 g/mol. The summed E-state index contributed by atoms with van der Waals surface area (Å²) in [5.41, 5.74) is 11.9. The zero-order valence-corrected chi connectivity index (χ0v) is 22.6. The third-order valence-corrected chi connectivity index (χ3v) is 7.90. The van der Waals surface area contributed by atoms with Gasteiger partial charge in [0.15, 0.2) is 0 Å². The molecule has 1 N–H and O–H groups in total. The molecule has 0 atom stereocenters. The minimum absolute atomic E-state index is 0.0366. The average molecular weight is 553 g/mol. The van der Waals surface area contributed by atoms with Gasteiger partial charge >= 0.3 is 0 Å². The first kappa shape index (κ1) is 23.6. The predicted molar refractivity (Wildman–Crippen MR) is 171 cm³/mol. The Morgan fingerprint density at radius 1 is 0.326 bits per heavy atom. The van der Waals surface area contributed by atoms with Crippen LogP contribution in [-0.4, -0.2) is 35.0 Å². The molecule has 7 nitrogen and oxygen atoms in total.